The van der Waals surface area contributed by atoms with Crippen molar-refractivity contribution in [1.29, 1.82) is 0 Å². The zero-order chi connectivity index (χ0) is 17.5. The van der Waals surface area contributed by atoms with E-state index in [9.17, 15) is 4.39 Å². The molecule has 2 aliphatic carbocycles. The maximum absolute atomic E-state index is 14.4. The van der Waals surface area contributed by atoms with E-state index in [0.29, 0.717) is 5.92 Å². The Hall–Kier alpha value is -1.67. The highest BCUT2D eigenvalue weighted by atomic mass is 19.1. The quantitative estimate of drug-likeness (QED) is 0.671. The number of rotatable bonds is 3. The van der Waals surface area contributed by atoms with Crippen LogP contribution in [0.1, 0.15) is 50.0 Å². The van der Waals surface area contributed by atoms with E-state index in [2.05, 4.69) is 23.1 Å². The van der Waals surface area contributed by atoms with Gasteiger partial charge in [-0.3, -0.25) is 0 Å². The molecule has 0 amide bonds. The van der Waals surface area contributed by atoms with Crippen LogP contribution in [0, 0.1) is 17.7 Å². The number of likely N-dealkylation sites (tertiary alicyclic amines) is 1. The van der Waals surface area contributed by atoms with Gasteiger partial charge in [-0.15, -0.1) is 0 Å². The highest BCUT2D eigenvalue weighted by Gasteiger charge is 2.42. The molecule has 1 nitrogen and oxygen atoms in total. The third-order valence-corrected chi connectivity index (χ3v) is 7.26. The van der Waals surface area contributed by atoms with E-state index >= 15 is 0 Å². The average Bonchev–Trinajstić information content (AvgIpc) is 3.32. The first kappa shape index (κ1) is 16.5. The molecule has 26 heavy (non-hydrogen) atoms. The maximum Gasteiger partial charge on any atom is 0.131 e. The van der Waals surface area contributed by atoms with Gasteiger partial charge in [0.05, 0.1) is 0 Å². The van der Waals surface area contributed by atoms with Crippen molar-refractivity contribution in [2.75, 3.05) is 13.1 Å². The van der Waals surface area contributed by atoms with Crippen LogP contribution in [0.5, 0.6) is 0 Å². The molecule has 2 bridgehead atoms. The summed E-state index contributed by atoms with van der Waals surface area (Å²) in [6.07, 6.45) is 8.29. The fraction of sp³-hybridized carbons (Fsp3) is 0.500. The molecule has 3 atom stereocenters. The van der Waals surface area contributed by atoms with Crippen molar-refractivity contribution in [3.63, 3.8) is 0 Å². The van der Waals surface area contributed by atoms with Gasteiger partial charge in [0, 0.05) is 11.6 Å². The smallest absolute Gasteiger partial charge is 0.131 e. The van der Waals surface area contributed by atoms with Crippen LogP contribution in [0.3, 0.4) is 0 Å². The third-order valence-electron chi connectivity index (χ3n) is 7.26. The second-order valence-electron chi connectivity index (χ2n) is 8.62. The second-order valence-corrected chi connectivity index (χ2v) is 8.62. The van der Waals surface area contributed by atoms with Crippen LogP contribution in [0.2, 0.25) is 0 Å². The van der Waals surface area contributed by atoms with Crippen LogP contribution in [0.25, 0.3) is 11.1 Å². The lowest BCUT2D eigenvalue weighted by Crippen LogP contribution is -2.43. The summed E-state index contributed by atoms with van der Waals surface area (Å²) < 4.78 is 14.4. The monoisotopic (exact) mass is 349 g/mol. The Labute approximate surface area is 156 Å². The largest absolute Gasteiger partial charge is 0.300 e. The van der Waals surface area contributed by atoms with Gasteiger partial charge in [-0.25, -0.2) is 4.39 Å². The maximum atomic E-state index is 14.4. The molecule has 3 aliphatic rings. The molecule has 2 aromatic rings. The van der Waals surface area contributed by atoms with Crippen molar-refractivity contribution in [2.45, 2.75) is 50.5 Å². The summed E-state index contributed by atoms with van der Waals surface area (Å²) in [4.78, 5) is 2.78. The minimum absolute atomic E-state index is 0.112. The Kier molecular flexibility index (Phi) is 4.32. The molecule has 0 N–H and O–H groups in total. The Bertz CT molecular complexity index is 777. The van der Waals surface area contributed by atoms with Gasteiger partial charge in [-0.05, 0) is 80.1 Å². The summed E-state index contributed by atoms with van der Waals surface area (Å²) in [5, 5.41) is 0. The van der Waals surface area contributed by atoms with E-state index in [4.69, 9.17) is 0 Å². The van der Waals surface area contributed by atoms with E-state index in [-0.39, 0.29) is 5.82 Å². The van der Waals surface area contributed by atoms with Gasteiger partial charge in [0.1, 0.15) is 5.82 Å². The average molecular weight is 349 g/mol. The van der Waals surface area contributed by atoms with Gasteiger partial charge in [0.25, 0.3) is 0 Å². The van der Waals surface area contributed by atoms with E-state index < -0.39 is 0 Å². The van der Waals surface area contributed by atoms with Gasteiger partial charge in [-0.2, -0.15) is 0 Å². The minimum atomic E-state index is -0.112. The summed E-state index contributed by atoms with van der Waals surface area (Å²) in [5.74, 6) is 2.44. The summed E-state index contributed by atoms with van der Waals surface area (Å²) in [7, 11) is 0. The molecule has 3 fully saturated rings. The first-order valence-electron chi connectivity index (χ1n) is 10.4. The lowest BCUT2D eigenvalue weighted by Gasteiger charge is -2.40. The van der Waals surface area contributed by atoms with Gasteiger partial charge in [0.15, 0.2) is 0 Å². The first-order valence-corrected chi connectivity index (χ1v) is 10.4. The van der Waals surface area contributed by atoms with Gasteiger partial charge in [0.2, 0.25) is 0 Å². The number of hydrogen-bond acceptors (Lipinski definition) is 1. The molecule has 2 aromatic carbocycles. The molecule has 0 radical (unpaired) electrons. The zero-order valence-electron chi connectivity index (χ0n) is 15.4. The minimum Gasteiger partial charge on any atom is -0.300 e. The van der Waals surface area contributed by atoms with E-state index in [0.717, 1.165) is 29.0 Å². The van der Waals surface area contributed by atoms with Crippen molar-refractivity contribution >= 4 is 0 Å². The summed E-state index contributed by atoms with van der Waals surface area (Å²) in [6, 6.07) is 16.5. The number of halogens is 1. The predicted octanol–water partition coefficient (Wildman–Crippen LogP) is 5.86. The van der Waals surface area contributed by atoms with Crippen LogP contribution >= 0.6 is 0 Å². The first-order chi connectivity index (χ1) is 12.8. The Morgan fingerprint density at radius 3 is 2.19 bits per heavy atom. The summed E-state index contributed by atoms with van der Waals surface area (Å²) in [5.41, 5.74) is 3.17. The zero-order valence-corrected chi connectivity index (χ0v) is 15.4. The van der Waals surface area contributed by atoms with Crippen molar-refractivity contribution in [2.24, 2.45) is 11.8 Å². The number of piperidine rings is 1. The second kappa shape index (κ2) is 6.81. The lowest BCUT2D eigenvalue weighted by molar-refractivity contribution is 0.111. The molecule has 1 saturated heterocycles. The summed E-state index contributed by atoms with van der Waals surface area (Å²) >= 11 is 0. The van der Waals surface area contributed by atoms with Crippen LogP contribution < -0.4 is 0 Å². The lowest BCUT2D eigenvalue weighted by atomic mass is 9.83. The number of hydrogen-bond donors (Lipinski definition) is 0. The van der Waals surface area contributed by atoms with E-state index in [1.54, 1.807) is 12.1 Å². The van der Waals surface area contributed by atoms with Crippen molar-refractivity contribution in [1.82, 2.24) is 4.90 Å². The SMILES string of the molecule is Fc1ccccc1-c1ccccc1C1CCN([C@H]2C[C@H]3CC[C@H]2C3)CC1. The van der Waals surface area contributed by atoms with E-state index in [1.165, 1.54) is 57.2 Å². The van der Waals surface area contributed by atoms with Gasteiger partial charge in [-0.1, -0.05) is 48.9 Å². The predicted molar refractivity (Wildman–Crippen MR) is 105 cm³/mol. The van der Waals surface area contributed by atoms with Crippen molar-refractivity contribution in [3.8, 4) is 11.1 Å². The topological polar surface area (TPSA) is 3.24 Å². The number of benzene rings is 2. The Morgan fingerprint density at radius 2 is 1.50 bits per heavy atom. The molecular formula is C24H28FN. The molecule has 0 spiro atoms. The third kappa shape index (κ3) is 2.89. The normalized spacial score (nSPS) is 29.3. The van der Waals surface area contributed by atoms with Gasteiger partial charge < -0.3 is 4.90 Å². The Morgan fingerprint density at radius 1 is 0.769 bits per heavy atom. The molecule has 5 rings (SSSR count). The number of nitrogens with zero attached hydrogens (tertiary/aromatic N) is 1. The Balaban J connectivity index is 1.34. The molecule has 1 heterocycles. The molecule has 2 heteroatoms. The van der Waals surface area contributed by atoms with Crippen LogP contribution in [-0.4, -0.2) is 24.0 Å². The van der Waals surface area contributed by atoms with Crippen LogP contribution in [0.15, 0.2) is 48.5 Å². The fourth-order valence-electron chi connectivity index (χ4n) is 5.98. The fourth-order valence-corrected chi connectivity index (χ4v) is 5.98. The molecule has 0 unspecified atom stereocenters. The molecule has 1 aliphatic heterocycles. The van der Waals surface area contributed by atoms with Crippen LogP contribution in [-0.2, 0) is 0 Å². The van der Waals surface area contributed by atoms with Crippen LogP contribution in [0.4, 0.5) is 4.39 Å². The van der Waals surface area contributed by atoms with Gasteiger partial charge >= 0.3 is 0 Å². The standard InChI is InChI=1S/C24H28FN/c25-23-8-4-3-7-22(23)21-6-2-1-5-20(21)18-11-13-26(14-12-18)24-16-17-9-10-19(24)15-17/h1-8,17-19,24H,9-16H2/t17-,19-,24-/m0/s1. The number of fused-ring (bicyclic) bond motifs is 2. The highest BCUT2D eigenvalue weighted by molar-refractivity contribution is 5.68. The molecule has 2 saturated carbocycles. The highest BCUT2D eigenvalue weighted by Crippen LogP contribution is 2.48. The van der Waals surface area contributed by atoms with E-state index in [1.807, 2.05) is 18.2 Å². The molecule has 136 valence electrons. The molecular weight excluding hydrogens is 321 g/mol. The van der Waals surface area contributed by atoms with Crippen molar-refractivity contribution < 1.29 is 4.39 Å². The van der Waals surface area contributed by atoms with Crippen molar-refractivity contribution in [3.05, 3.63) is 59.9 Å². The molecule has 0 aromatic heterocycles. The summed E-state index contributed by atoms with van der Waals surface area (Å²) in [6.45, 7) is 2.42.